The Bertz CT molecular complexity index is 554. The van der Waals surface area contributed by atoms with E-state index >= 15 is 0 Å². The monoisotopic (exact) mass is 280 g/mol. The summed E-state index contributed by atoms with van der Waals surface area (Å²) in [5.74, 6) is -1.11. The molecule has 1 rings (SSSR count). The fraction of sp³-hybridized carbons (Fsp3) is 0.385. The molecule has 1 aromatic rings. The number of hydrogen-bond donors (Lipinski definition) is 1. The number of esters is 1. The molecule has 0 radical (unpaired) electrons. The largest absolute Gasteiger partial charge is 0.456 e. The van der Waals surface area contributed by atoms with Gasteiger partial charge in [0.25, 0.3) is 11.6 Å². The molecule has 1 amide bonds. The van der Waals surface area contributed by atoms with Crippen LogP contribution in [0.5, 0.6) is 0 Å². The number of nitro benzene ring substituents is 1. The van der Waals surface area contributed by atoms with Crippen molar-refractivity contribution in [1.29, 1.82) is 0 Å². The van der Waals surface area contributed by atoms with E-state index in [1.54, 1.807) is 26.8 Å². The normalized spacial score (nSPS) is 9.95. The topological polar surface area (TPSA) is 98.5 Å². The van der Waals surface area contributed by atoms with Crippen molar-refractivity contribution >= 4 is 23.3 Å². The van der Waals surface area contributed by atoms with E-state index in [1.807, 2.05) is 0 Å². The molecule has 0 saturated heterocycles. The van der Waals surface area contributed by atoms with Crippen LogP contribution in [0.3, 0.4) is 0 Å². The molecule has 0 unspecified atom stereocenters. The first-order valence-electron chi connectivity index (χ1n) is 6.06. The fourth-order valence-electron chi connectivity index (χ4n) is 1.54. The second-order valence-corrected chi connectivity index (χ2v) is 4.22. The Morgan fingerprint density at radius 1 is 1.35 bits per heavy atom. The molecule has 0 bridgehead atoms. The zero-order chi connectivity index (χ0) is 15.3. The molecule has 7 nitrogen and oxygen atoms in total. The predicted molar refractivity (Wildman–Crippen MR) is 72.5 cm³/mol. The van der Waals surface area contributed by atoms with Crippen LogP contribution in [0.1, 0.15) is 24.5 Å². The molecule has 0 aliphatic carbocycles. The SMILES string of the molecule is CCC(=O)OCC(=O)Nc1c([N+](=O)[O-])ccc(C)c1C. The van der Waals surface area contributed by atoms with Gasteiger partial charge in [0.05, 0.1) is 4.92 Å². The first-order valence-corrected chi connectivity index (χ1v) is 6.06. The molecule has 0 heterocycles. The average molecular weight is 280 g/mol. The van der Waals surface area contributed by atoms with Gasteiger partial charge in [0, 0.05) is 12.5 Å². The molecule has 1 N–H and O–H groups in total. The molecule has 0 aromatic heterocycles. The number of benzene rings is 1. The number of carbonyl (C=O) groups is 2. The number of nitrogens with zero attached hydrogens (tertiary/aromatic N) is 1. The van der Waals surface area contributed by atoms with Crippen LogP contribution >= 0.6 is 0 Å². The highest BCUT2D eigenvalue weighted by atomic mass is 16.6. The van der Waals surface area contributed by atoms with Crippen molar-refractivity contribution in [2.45, 2.75) is 27.2 Å². The molecular weight excluding hydrogens is 264 g/mol. The number of amides is 1. The van der Waals surface area contributed by atoms with Crippen LogP contribution < -0.4 is 5.32 Å². The molecule has 0 atom stereocenters. The zero-order valence-electron chi connectivity index (χ0n) is 11.6. The number of ether oxygens (including phenoxy) is 1. The van der Waals surface area contributed by atoms with E-state index in [-0.39, 0.29) is 17.8 Å². The van der Waals surface area contributed by atoms with Crippen LogP contribution in [-0.4, -0.2) is 23.4 Å². The van der Waals surface area contributed by atoms with Crippen molar-refractivity contribution in [2.75, 3.05) is 11.9 Å². The summed E-state index contributed by atoms with van der Waals surface area (Å²) >= 11 is 0. The van der Waals surface area contributed by atoms with Gasteiger partial charge >= 0.3 is 5.97 Å². The number of hydrogen-bond acceptors (Lipinski definition) is 5. The van der Waals surface area contributed by atoms with Crippen molar-refractivity contribution in [2.24, 2.45) is 0 Å². The quantitative estimate of drug-likeness (QED) is 0.506. The number of nitrogens with one attached hydrogen (secondary N) is 1. The van der Waals surface area contributed by atoms with E-state index in [9.17, 15) is 19.7 Å². The number of nitro groups is 1. The van der Waals surface area contributed by atoms with Crippen molar-refractivity contribution in [3.63, 3.8) is 0 Å². The molecule has 108 valence electrons. The van der Waals surface area contributed by atoms with Gasteiger partial charge in [-0.05, 0) is 25.0 Å². The maximum atomic E-state index is 11.7. The number of aryl methyl sites for hydroxylation is 1. The van der Waals surface area contributed by atoms with Gasteiger partial charge in [-0.2, -0.15) is 0 Å². The fourth-order valence-corrected chi connectivity index (χ4v) is 1.54. The molecule has 1 aromatic carbocycles. The molecule has 0 spiro atoms. The Labute approximate surface area is 116 Å². The maximum Gasteiger partial charge on any atom is 0.306 e. The van der Waals surface area contributed by atoms with E-state index in [2.05, 4.69) is 10.1 Å². The van der Waals surface area contributed by atoms with Crippen LogP contribution in [-0.2, 0) is 14.3 Å². The van der Waals surface area contributed by atoms with Crippen molar-refractivity contribution in [3.8, 4) is 0 Å². The van der Waals surface area contributed by atoms with Gasteiger partial charge in [0.2, 0.25) is 0 Å². The minimum Gasteiger partial charge on any atom is -0.456 e. The van der Waals surface area contributed by atoms with E-state index in [4.69, 9.17) is 0 Å². The highest BCUT2D eigenvalue weighted by molar-refractivity contribution is 5.96. The second kappa shape index (κ2) is 6.65. The Morgan fingerprint density at radius 3 is 2.55 bits per heavy atom. The summed E-state index contributed by atoms with van der Waals surface area (Å²) in [5.41, 5.74) is 1.36. The average Bonchev–Trinajstić information content (AvgIpc) is 2.41. The smallest absolute Gasteiger partial charge is 0.306 e. The molecular formula is C13H16N2O5. The summed E-state index contributed by atoms with van der Waals surface area (Å²) < 4.78 is 4.67. The van der Waals surface area contributed by atoms with E-state index < -0.39 is 23.4 Å². The van der Waals surface area contributed by atoms with E-state index in [0.717, 1.165) is 5.56 Å². The lowest BCUT2D eigenvalue weighted by Gasteiger charge is -2.11. The Kier molecular flexibility index (Phi) is 5.19. The highest BCUT2D eigenvalue weighted by Crippen LogP contribution is 2.30. The summed E-state index contributed by atoms with van der Waals surface area (Å²) in [4.78, 5) is 33.0. The third-order valence-corrected chi connectivity index (χ3v) is 2.83. The summed E-state index contributed by atoms with van der Waals surface area (Å²) in [5, 5.41) is 13.4. The number of carbonyl (C=O) groups excluding carboxylic acids is 2. The Hall–Kier alpha value is -2.44. The van der Waals surface area contributed by atoms with Crippen LogP contribution in [0.25, 0.3) is 0 Å². The van der Waals surface area contributed by atoms with Crippen LogP contribution in [0.15, 0.2) is 12.1 Å². The van der Waals surface area contributed by atoms with Gasteiger partial charge in [-0.25, -0.2) is 0 Å². The lowest BCUT2D eigenvalue weighted by Crippen LogP contribution is -2.21. The lowest BCUT2D eigenvalue weighted by molar-refractivity contribution is -0.384. The van der Waals surface area contributed by atoms with Crippen molar-refractivity contribution in [3.05, 3.63) is 33.4 Å². The zero-order valence-corrected chi connectivity index (χ0v) is 11.6. The highest BCUT2D eigenvalue weighted by Gasteiger charge is 2.19. The molecule has 0 fully saturated rings. The van der Waals surface area contributed by atoms with Crippen molar-refractivity contribution in [1.82, 2.24) is 0 Å². The van der Waals surface area contributed by atoms with Gasteiger partial charge in [-0.1, -0.05) is 13.0 Å². The number of anilines is 1. The van der Waals surface area contributed by atoms with Gasteiger partial charge in [0.15, 0.2) is 6.61 Å². The summed E-state index contributed by atoms with van der Waals surface area (Å²) in [6.45, 7) is 4.61. The van der Waals surface area contributed by atoms with Crippen LogP contribution in [0.4, 0.5) is 11.4 Å². The molecule has 0 aliphatic heterocycles. The second-order valence-electron chi connectivity index (χ2n) is 4.22. The third-order valence-electron chi connectivity index (χ3n) is 2.83. The maximum absolute atomic E-state index is 11.7. The minimum absolute atomic E-state index is 0.132. The molecule has 7 heteroatoms. The first kappa shape index (κ1) is 15.6. The molecule has 0 saturated carbocycles. The summed E-state index contributed by atoms with van der Waals surface area (Å²) in [7, 11) is 0. The van der Waals surface area contributed by atoms with Gasteiger partial charge in [-0.3, -0.25) is 19.7 Å². The third kappa shape index (κ3) is 3.78. The number of rotatable bonds is 5. The van der Waals surface area contributed by atoms with Crippen LogP contribution in [0, 0.1) is 24.0 Å². The summed E-state index contributed by atoms with van der Waals surface area (Å²) in [6.07, 6.45) is 0.164. The van der Waals surface area contributed by atoms with Gasteiger partial charge in [-0.15, -0.1) is 0 Å². The minimum atomic E-state index is -0.608. The summed E-state index contributed by atoms with van der Waals surface area (Å²) in [6, 6.07) is 2.94. The van der Waals surface area contributed by atoms with E-state index in [0.29, 0.717) is 5.56 Å². The Morgan fingerprint density at radius 2 is 2.00 bits per heavy atom. The molecule has 20 heavy (non-hydrogen) atoms. The van der Waals surface area contributed by atoms with E-state index in [1.165, 1.54) is 6.07 Å². The standard InChI is InChI=1S/C13H16N2O5/c1-4-12(17)20-7-11(16)14-13-9(3)8(2)5-6-10(13)15(18)19/h5-6H,4,7H2,1-3H3,(H,14,16). The molecule has 0 aliphatic rings. The van der Waals surface area contributed by atoms with Gasteiger partial charge in [0.1, 0.15) is 5.69 Å². The first-order chi connectivity index (χ1) is 9.36. The van der Waals surface area contributed by atoms with Crippen molar-refractivity contribution < 1.29 is 19.2 Å². The van der Waals surface area contributed by atoms with Crippen LogP contribution in [0.2, 0.25) is 0 Å². The lowest BCUT2D eigenvalue weighted by atomic mass is 10.1. The van der Waals surface area contributed by atoms with Gasteiger partial charge < -0.3 is 10.1 Å². The Balaban J connectivity index is 2.91. The predicted octanol–water partition coefficient (Wildman–Crippen LogP) is 2.10.